The summed E-state index contributed by atoms with van der Waals surface area (Å²) >= 11 is 0. The molecule has 230 valence electrons. The number of nitrogens with zero attached hydrogens (tertiary/aromatic N) is 3. The Morgan fingerprint density at radius 3 is 1.84 bits per heavy atom. The third-order valence-corrected chi connectivity index (χ3v) is 10.5. The first-order valence-electron chi connectivity index (χ1n) is 16.9. The second-order valence-electron chi connectivity index (χ2n) is 13.6. The first-order valence-corrected chi connectivity index (χ1v) is 16.9. The van der Waals surface area contributed by atoms with E-state index in [0.29, 0.717) is 17.5 Å². The highest BCUT2D eigenvalue weighted by Crippen LogP contribution is 2.49. The van der Waals surface area contributed by atoms with Gasteiger partial charge in [0.1, 0.15) is 0 Å². The molecule has 0 radical (unpaired) electrons. The number of fused-ring (bicyclic) bond motifs is 10. The predicted octanol–water partition coefficient (Wildman–Crippen LogP) is 11.8. The molecule has 0 unspecified atom stereocenters. The van der Waals surface area contributed by atoms with Gasteiger partial charge in [0, 0.05) is 27.5 Å². The molecule has 0 fully saturated rings. The summed E-state index contributed by atoms with van der Waals surface area (Å²) in [6.07, 6.45) is 0. The summed E-state index contributed by atoms with van der Waals surface area (Å²) in [6.45, 7) is 4.62. The van der Waals surface area contributed by atoms with E-state index in [4.69, 9.17) is 15.0 Å². The van der Waals surface area contributed by atoms with E-state index in [1.165, 1.54) is 54.6 Å². The molecule has 0 bridgehead atoms. The van der Waals surface area contributed by atoms with Crippen LogP contribution in [0, 0.1) is 0 Å². The van der Waals surface area contributed by atoms with E-state index in [-0.39, 0.29) is 5.41 Å². The fourth-order valence-corrected chi connectivity index (χ4v) is 8.06. The Morgan fingerprint density at radius 2 is 0.959 bits per heavy atom. The molecule has 0 saturated heterocycles. The Kier molecular flexibility index (Phi) is 5.92. The minimum absolute atomic E-state index is 0.122. The Morgan fingerprint density at radius 1 is 0.367 bits per heavy atom. The average molecular weight is 626 g/mol. The maximum absolute atomic E-state index is 5.26. The van der Waals surface area contributed by atoms with E-state index in [1.807, 2.05) is 18.2 Å². The number of aromatic nitrogens is 3. The zero-order valence-corrected chi connectivity index (χ0v) is 27.3. The van der Waals surface area contributed by atoms with Crippen molar-refractivity contribution in [1.29, 1.82) is 0 Å². The molecule has 0 spiro atoms. The molecule has 0 atom stereocenters. The topological polar surface area (TPSA) is 38.7 Å². The standard InChI is InChI=1S/C46H31N3/c1-46(2)40-18-9-8-16-36(40)37-24-21-31(27-41(37)46)44-47-43(30-12-4-3-5-13-30)48-45(49-44)39-17-10-14-29-20-23-35-34-22-19-28-11-6-7-15-32(28)33(34)25-26-38(35)42(29)39/h3-27H,1-2H3. The number of hydrogen-bond donors (Lipinski definition) is 0. The molecule has 8 aromatic carbocycles. The molecule has 9 aromatic rings. The lowest BCUT2D eigenvalue weighted by Crippen LogP contribution is -2.15. The van der Waals surface area contributed by atoms with Crippen LogP contribution in [-0.4, -0.2) is 15.0 Å². The van der Waals surface area contributed by atoms with E-state index < -0.39 is 0 Å². The third-order valence-electron chi connectivity index (χ3n) is 10.5. The van der Waals surface area contributed by atoms with E-state index in [2.05, 4.69) is 147 Å². The first-order chi connectivity index (χ1) is 24.0. The van der Waals surface area contributed by atoms with Gasteiger partial charge in [0.15, 0.2) is 17.5 Å². The van der Waals surface area contributed by atoms with Crippen LogP contribution in [0.2, 0.25) is 0 Å². The van der Waals surface area contributed by atoms with Gasteiger partial charge in [0.25, 0.3) is 0 Å². The lowest BCUT2D eigenvalue weighted by molar-refractivity contribution is 0.660. The largest absolute Gasteiger partial charge is 0.208 e. The maximum atomic E-state index is 5.26. The molecule has 1 aliphatic carbocycles. The van der Waals surface area contributed by atoms with Crippen molar-refractivity contribution in [1.82, 2.24) is 15.0 Å². The van der Waals surface area contributed by atoms with Gasteiger partial charge in [-0.15, -0.1) is 0 Å². The summed E-state index contributed by atoms with van der Waals surface area (Å²) in [5, 5.41) is 9.75. The Balaban J connectivity index is 1.22. The van der Waals surface area contributed by atoms with Gasteiger partial charge in [-0.3, -0.25) is 0 Å². The van der Waals surface area contributed by atoms with Crippen molar-refractivity contribution in [2.24, 2.45) is 0 Å². The second-order valence-corrected chi connectivity index (χ2v) is 13.6. The lowest BCUT2D eigenvalue weighted by atomic mass is 9.82. The van der Waals surface area contributed by atoms with Crippen molar-refractivity contribution in [2.75, 3.05) is 0 Å². The molecule has 0 N–H and O–H groups in total. The second kappa shape index (κ2) is 10.4. The van der Waals surface area contributed by atoms with Crippen LogP contribution in [0.1, 0.15) is 25.0 Å². The van der Waals surface area contributed by atoms with Crippen molar-refractivity contribution in [3.05, 3.63) is 163 Å². The summed E-state index contributed by atoms with van der Waals surface area (Å²) in [7, 11) is 0. The normalized spacial score (nSPS) is 13.3. The van der Waals surface area contributed by atoms with Crippen molar-refractivity contribution < 1.29 is 0 Å². The Labute approximate surface area is 284 Å². The van der Waals surface area contributed by atoms with Gasteiger partial charge in [-0.25, -0.2) is 15.0 Å². The van der Waals surface area contributed by atoms with Crippen LogP contribution >= 0.6 is 0 Å². The molecule has 10 rings (SSSR count). The van der Waals surface area contributed by atoms with Gasteiger partial charge < -0.3 is 0 Å². The molecule has 0 saturated carbocycles. The molecule has 1 aromatic heterocycles. The zero-order chi connectivity index (χ0) is 32.7. The van der Waals surface area contributed by atoms with Gasteiger partial charge in [-0.1, -0.05) is 159 Å². The quantitative estimate of drug-likeness (QED) is 0.183. The molecule has 49 heavy (non-hydrogen) atoms. The number of hydrogen-bond acceptors (Lipinski definition) is 3. The summed E-state index contributed by atoms with van der Waals surface area (Å²) in [4.78, 5) is 15.5. The van der Waals surface area contributed by atoms with E-state index in [1.54, 1.807) is 0 Å². The third kappa shape index (κ3) is 4.19. The van der Waals surface area contributed by atoms with Crippen LogP contribution in [0.4, 0.5) is 0 Å². The SMILES string of the molecule is CC1(C)c2ccccc2-c2ccc(-c3nc(-c4ccccc4)nc(-c4cccc5ccc6c7ccc8ccccc8c7ccc6c45)n3)cc21. The molecule has 0 amide bonds. The van der Waals surface area contributed by atoms with Gasteiger partial charge in [-0.05, 0) is 66.0 Å². The van der Waals surface area contributed by atoms with E-state index >= 15 is 0 Å². The fourth-order valence-electron chi connectivity index (χ4n) is 8.06. The van der Waals surface area contributed by atoms with Crippen molar-refractivity contribution >= 4 is 43.1 Å². The highest BCUT2D eigenvalue weighted by Gasteiger charge is 2.35. The van der Waals surface area contributed by atoms with Crippen LogP contribution in [-0.2, 0) is 5.41 Å². The summed E-state index contributed by atoms with van der Waals surface area (Å²) in [6, 6.07) is 54.3. The molecule has 3 nitrogen and oxygen atoms in total. The smallest absolute Gasteiger partial charge is 0.164 e. The lowest BCUT2D eigenvalue weighted by Gasteiger charge is -2.21. The number of benzene rings is 8. The van der Waals surface area contributed by atoms with E-state index in [9.17, 15) is 0 Å². The first kappa shape index (κ1) is 27.9. The molecule has 1 aliphatic rings. The van der Waals surface area contributed by atoms with Crippen molar-refractivity contribution in [3.8, 4) is 45.3 Å². The van der Waals surface area contributed by atoms with Gasteiger partial charge in [0.2, 0.25) is 0 Å². The van der Waals surface area contributed by atoms with Crippen molar-refractivity contribution in [2.45, 2.75) is 19.3 Å². The van der Waals surface area contributed by atoms with Crippen LogP contribution in [0.25, 0.3) is 88.4 Å². The van der Waals surface area contributed by atoms with Gasteiger partial charge >= 0.3 is 0 Å². The Hall–Kier alpha value is -6.19. The molecular formula is C46H31N3. The summed E-state index contributed by atoms with van der Waals surface area (Å²) in [5.41, 5.74) is 8.06. The maximum Gasteiger partial charge on any atom is 0.164 e. The fraction of sp³-hybridized carbons (Fsp3) is 0.0652. The highest BCUT2D eigenvalue weighted by atomic mass is 15.0. The highest BCUT2D eigenvalue weighted by molar-refractivity contribution is 6.24. The van der Waals surface area contributed by atoms with Gasteiger partial charge in [-0.2, -0.15) is 0 Å². The number of rotatable bonds is 3. The molecule has 3 heteroatoms. The zero-order valence-electron chi connectivity index (χ0n) is 27.3. The molecular weight excluding hydrogens is 595 g/mol. The van der Waals surface area contributed by atoms with Gasteiger partial charge in [0.05, 0.1) is 0 Å². The van der Waals surface area contributed by atoms with Crippen LogP contribution in [0.5, 0.6) is 0 Å². The predicted molar refractivity (Wildman–Crippen MR) is 204 cm³/mol. The average Bonchev–Trinajstić information content (AvgIpc) is 3.39. The van der Waals surface area contributed by atoms with Crippen LogP contribution in [0.3, 0.4) is 0 Å². The molecule has 1 heterocycles. The Bertz CT molecular complexity index is 2800. The minimum Gasteiger partial charge on any atom is -0.208 e. The van der Waals surface area contributed by atoms with Crippen LogP contribution in [0.15, 0.2) is 152 Å². The van der Waals surface area contributed by atoms with Crippen molar-refractivity contribution in [3.63, 3.8) is 0 Å². The van der Waals surface area contributed by atoms with E-state index in [0.717, 1.165) is 27.5 Å². The molecule has 0 aliphatic heterocycles. The minimum atomic E-state index is -0.122. The summed E-state index contributed by atoms with van der Waals surface area (Å²) in [5.74, 6) is 2.01. The summed E-state index contributed by atoms with van der Waals surface area (Å²) < 4.78 is 0. The monoisotopic (exact) mass is 625 g/mol. The van der Waals surface area contributed by atoms with Crippen LogP contribution < -0.4 is 0 Å².